The summed E-state index contributed by atoms with van der Waals surface area (Å²) in [6.07, 6.45) is 1.49. The standard InChI is InChI=1S/C21H15N3O5S/c25-16(13-5-6-17-18(9-13)29-12-28-17)11-23-15-4-1-7-22-19(15)20(26)24(21(23)27)10-14-3-2-8-30-14/h1-9H,10-12H2. The van der Waals surface area contributed by atoms with Crippen molar-refractivity contribution in [3.63, 3.8) is 0 Å². The number of nitrogens with zero attached hydrogens (tertiary/aromatic N) is 3. The van der Waals surface area contributed by atoms with Gasteiger partial charge in [0.05, 0.1) is 18.6 Å². The third-order valence-electron chi connectivity index (χ3n) is 4.88. The highest BCUT2D eigenvalue weighted by atomic mass is 32.1. The van der Waals surface area contributed by atoms with E-state index in [2.05, 4.69) is 4.98 Å². The lowest BCUT2D eigenvalue weighted by molar-refractivity contribution is 0.0971. The smallest absolute Gasteiger partial charge is 0.332 e. The van der Waals surface area contributed by atoms with Gasteiger partial charge in [-0.3, -0.25) is 18.7 Å². The van der Waals surface area contributed by atoms with Crippen LogP contribution in [0.1, 0.15) is 15.2 Å². The first-order chi connectivity index (χ1) is 14.6. The molecule has 5 rings (SSSR count). The van der Waals surface area contributed by atoms with Crippen LogP contribution in [0.15, 0.2) is 63.6 Å². The van der Waals surface area contributed by atoms with Gasteiger partial charge in [-0.1, -0.05) is 6.07 Å². The molecule has 150 valence electrons. The van der Waals surface area contributed by atoms with Crippen molar-refractivity contribution in [2.45, 2.75) is 13.1 Å². The normalized spacial score (nSPS) is 12.4. The zero-order valence-electron chi connectivity index (χ0n) is 15.6. The number of Topliss-reactive ketones (excluding diaryl/α,β-unsaturated/α-hetero) is 1. The number of hydrogen-bond acceptors (Lipinski definition) is 7. The summed E-state index contributed by atoms with van der Waals surface area (Å²) < 4.78 is 13.0. The second-order valence-corrected chi connectivity index (χ2v) is 7.73. The molecule has 0 unspecified atom stereocenters. The highest BCUT2D eigenvalue weighted by Crippen LogP contribution is 2.32. The summed E-state index contributed by atoms with van der Waals surface area (Å²) in [5.41, 5.74) is -0.172. The highest BCUT2D eigenvalue weighted by Gasteiger charge is 2.20. The van der Waals surface area contributed by atoms with Crippen LogP contribution in [0.4, 0.5) is 0 Å². The Morgan fingerprint density at radius 3 is 2.77 bits per heavy atom. The fourth-order valence-corrected chi connectivity index (χ4v) is 4.09. The van der Waals surface area contributed by atoms with Gasteiger partial charge in [-0.15, -0.1) is 11.3 Å². The largest absolute Gasteiger partial charge is 0.454 e. The Kier molecular flexibility index (Phi) is 4.44. The number of benzene rings is 1. The summed E-state index contributed by atoms with van der Waals surface area (Å²) in [5.74, 6) is 0.770. The number of ketones is 1. The van der Waals surface area contributed by atoms with Crippen LogP contribution >= 0.6 is 11.3 Å². The quantitative estimate of drug-likeness (QED) is 0.459. The number of rotatable bonds is 5. The molecule has 0 saturated carbocycles. The Morgan fingerprint density at radius 2 is 1.93 bits per heavy atom. The summed E-state index contributed by atoms with van der Waals surface area (Å²) in [6, 6.07) is 11.8. The molecule has 0 bridgehead atoms. The van der Waals surface area contributed by atoms with Crippen molar-refractivity contribution in [3.05, 3.63) is 85.3 Å². The molecule has 0 amide bonds. The van der Waals surface area contributed by atoms with Crippen LogP contribution in [0.25, 0.3) is 11.0 Å². The molecule has 4 heterocycles. The van der Waals surface area contributed by atoms with Crippen molar-refractivity contribution < 1.29 is 14.3 Å². The van der Waals surface area contributed by atoms with E-state index >= 15 is 0 Å². The Bertz CT molecular complexity index is 1390. The van der Waals surface area contributed by atoms with Gasteiger partial charge in [0, 0.05) is 16.6 Å². The summed E-state index contributed by atoms with van der Waals surface area (Å²) in [6.45, 7) is 0.00186. The summed E-state index contributed by atoms with van der Waals surface area (Å²) in [5, 5.41) is 1.88. The number of ether oxygens (including phenoxy) is 2. The van der Waals surface area contributed by atoms with Gasteiger partial charge >= 0.3 is 5.69 Å². The van der Waals surface area contributed by atoms with Crippen LogP contribution in [0.2, 0.25) is 0 Å². The minimum atomic E-state index is -0.553. The lowest BCUT2D eigenvalue weighted by atomic mass is 10.1. The van der Waals surface area contributed by atoms with Crippen LogP contribution in [0.5, 0.6) is 11.5 Å². The monoisotopic (exact) mass is 421 g/mol. The van der Waals surface area contributed by atoms with Gasteiger partial charge in [0.2, 0.25) is 6.79 Å². The van der Waals surface area contributed by atoms with E-state index in [0.717, 1.165) is 9.44 Å². The summed E-state index contributed by atoms with van der Waals surface area (Å²) in [7, 11) is 0. The first kappa shape index (κ1) is 18.3. The zero-order chi connectivity index (χ0) is 20.7. The molecule has 1 aliphatic rings. The van der Waals surface area contributed by atoms with E-state index in [0.29, 0.717) is 22.6 Å². The molecule has 0 atom stereocenters. The van der Waals surface area contributed by atoms with Crippen LogP contribution in [0.3, 0.4) is 0 Å². The first-order valence-electron chi connectivity index (χ1n) is 9.15. The van der Waals surface area contributed by atoms with E-state index in [1.807, 2.05) is 17.5 Å². The molecule has 9 heteroatoms. The van der Waals surface area contributed by atoms with E-state index < -0.39 is 11.2 Å². The summed E-state index contributed by atoms with van der Waals surface area (Å²) in [4.78, 5) is 44.1. The number of carbonyl (C=O) groups is 1. The zero-order valence-corrected chi connectivity index (χ0v) is 16.4. The molecule has 0 fully saturated rings. The molecule has 4 aromatic rings. The summed E-state index contributed by atoms with van der Waals surface area (Å²) >= 11 is 1.45. The maximum atomic E-state index is 13.2. The fourth-order valence-electron chi connectivity index (χ4n) is 3.40. The Morgan fingerprint density at radius 1 is 1.07 bits per heavy atom. The van der Waals surface area contributed by atoms with E-state index in [1.54, 1.807) is 30.3 Å². The Hall–Kier alpha value is -3.72. The third kappa shape index (κ3) is 3.09. The second kappa shape index (κ2) is 7.27. The maximum absolute atomic E-state index is 13.2. The van der Waals surface area contributed by atoms with Crippen molar-refractivity contribution in [2.24, 2.45) is 0 Å². The molecule has 1 aliphatic heterocycles. The number of aromatic nitrogens is 3. The number of pyridine rings is 1. The van der Waals surface area contributed by atoms with E-state index in [-0.39, 0.29) is 31.2 Å². The third-order valence-corrected chi connectivity index (χ3v) is 5.74. The average Bonchev–Trinajstić information content (AvgIpc) is 3.45. The van der Waals surface area contributed by atoms with Gasteiger partial charge in [0.25, 0.3) is 5.56 Å². The van der Waals surface area contributed by atoms with Gasteiger partial charge in [-0.25, -0.2) is 9.78 Å². The number of carbonyl (C=O) groups excluding carboxylic acids is 1. The van der Waals surface area contributed by atoms with Crippen LogP contribution in [0, 0.1) is 0 Å². The first-order valence-corrected chi connectivity index (χ1v) is 10.0. The molecule has 8 nitrogen and oxygen atoms in total. The minimum Gasteiger partial charge on any atom is -0.454 e. The van der Waals surface area contributed by atoms with Gasteiger partial charge < -0.3 is 9.47 Å². The molecule has 3 aromatic heterocycles. The molecule has 0 spiro atoms. The lowest BCUT2D eigenvalue weighted by Gasteiger charge is -2.13. The predicted octanol–water partition coefficient (Wildman–Crippen LogP) is 2.28. The number of fused-ring (bicyclic) bond motifs is 2. The van der Waals surface area contributed by atoms with Crippen LogP contribution in [-0.4, -0.2) is 26.7 Å². The molecule has 0 aliphatic carbocycles. The van der Waals surface area contributed by atoms with Gasteiger partial charge in [-0.05, 0) is 41.8 Å². The second-order valence-electron chi connectivity index (χ2n) is 6.70. The Balaban J connectivity index is 1.60. The molecule has 0 radical (unpaired) electrons. The van der Waals surface area contributed by atoms with Crippen molar-refractivity contribution in [1.82, 2.24) is 14.1 Å². The maximum Gasteiger partial charge on any atom is 0.332 e. The molecule has 0 N–H and O–H groups in total. The van der Waals surface area contributed by atoms with Crippen molar-refractivity contribution in [3.8, 4) is 11.5 Å². The fraction of sp³-hybridized carbons (Fsp3) is 0.143. The van der Waals surface area contributed by atoms with E-state index in [4.69, 9.17) is 9.47 Å². The molecular formula is C21H15N3O5S. The van der Waals surface area contributed by atoms with Gasteiger partial charge in [-0.2, -0.15) is 0 Å². The predicted molar refractivity (Wildman–Crippen MR) is 111 cm³/mol. The van der Waals surface area contributed by atoms with Crippen LogP contribution < -0.4 is 20.7 Å². The SMILES string of the molecule is O=C(Cn1c(=O)n(Cc2cccs2)c(=O)c2ncccc21)c1ccc2c(c1)OCO2. The Labute approximate surface area is 173 Å². The van der Waals surface area contributed by atoms with Crippen molar-refractivity contribution in [1.29, 1.82) is 0 Å². The molecule has 30 heavy (non-hydrogen) atoms. The number of thiophene rings is 1. The van der Waals surface area contributed by atoms with Gasteiger partial charge in [0.1, 0.15) is 0 Å². The van der Waals surface area contributed by atoms with E-state index in [1.165, 1.54) is 22.1 Å². The average molecular weight is 421 g/mol. The number of hydrogen-bond donors (Lipinski definition) is 0. The molecule has 1 aromatic carbocycles. The van der Waals surface area contributed by atoms with Crippen molar-refractivity contribution in [2.75, 3.05) is 6.79 Å². The topological polar surface area (TPSA) is 92.4 Å². The van der Waals surface area contributed by atoms with Crippen molar-refractivity contribution >= 4 is 28.2 Å². The van der Waals surface area contributed by atoms with E-state index in [9.17, 15) is 14.4 Å². The molecular weight excluding hydrogens is 406 g/mol. The highest BCUT2D eigenvalue weighted by molar-refractivity contribution is 7.09. The minimum absolute atomic E-state index is 0.108. The lowest BCUT2D eigenvalue weighted by Crippen LogP contribution is -2.41. The van der Waals surface area contributed by atoms with Crippen LogP contribution in [-0.2, 0) is 13.1 Å². The molecule has 0 saturated heterocycles. The van der Waals surface area contributed by atoms with Gasteiger partial charge in [0.15, 0.2) is 22.8 Å².